The van der Waals surface area contributed by atoms with Crippen LogP contribution in [-0.4, -0.2) is 4.92 Å². The average Bonchev–Trinajstić information content (AvgIpc) is 1.96. The lowest BCUT2D eigenvalue weighted by Crippen LogP contribution is -1.99. The lowest BCUT2D eigenvalue weighted by Gasteiger charge is -2.01. The number of hydrogen-bond donors (Lipinski definition) is 2. The lowest BCUT2D eigenvalue weighted by molar-refractivity contribution is -0.383. The molecular formula is C7H9N3O2. The van der Waals surface area contributed by atoms with E-state index in [0.29, 0.717) is 11.3 Å². The fourth-order valence-corrected chi connectivity index (χ4v) is 0.885. The summed E-state index contributed by atoms with van der Waals surface area (Å²) in [7, 11) is 0. The smallest absolute Gasteiger partial charge is 0.292 e. The van der Waals surface area contributed by atoms with Gasteiger partial charge < -0.3 is 11.5 Å². The van der Waals surface area contributed by atoms with E-state index in [4.69, 9.17) is 11.5 Å². The first-order valence-electron chi connectivity index (χ1n) is 3.32. The van der Waals surface area contributed by atoms with Crippen molar-refractivity contribution in [3.05, 3.63) is 27.8 Å². The first-order valence-corrected chi connectivity index (χ1v) is 3.32. The number of hydrogen-bond acceptors (Lipinski definition) is 4. The van der Waals surface area contributed by atoms with Gasteiger partial charge in [-0.3, -0.25) is 10.1 Å². The van der Waals surface area contributed by atoms with Crippen LogP contribution in [-0.2, 0) is 0 Å². The summed E-state index contributed by atoms with van der Waals surface area (Å²) in [5, 5.41) is 10.4. The van der Waals surface area contributed by atoms with E-state index in [0.717, 1.165) is 0 Å². The number of nitrogen functional groups attached to an aromatic ring is 2. The Hall–Kier alpha value is -1.78. The molecule has 1 rings (SSSR count). The summed E-state index contributed by atoms with van der Waals surface area (Å²) in [6, 6.07) is 2.76. The molecule has 0 saturated heterocycles. The molecule has 0 radical (unpaired) electrons. The maximum absolute atomic E-state index is 10.4. The van der Waals surface area contributed by atoms with Crippen LogP contribution in [0.5, 0.6) is 0 Å². The van der Waals surface area contributed by atoms with Gasteiger partial charge in [-0.05, 0) is 18.6 Å². The van der Waals surface area contributed by atoms with Crippen molar-refractivity contribution in [2.75, 3.05) is 11.5 Å². The molecule has 0 heterocycles. The van der Waals surface area contributed by atoms with Gasteiger partial charge >= 0.3 is 0 Å². The SMILES string of the molecule is Cc1cc([N+](=O)[O-])c(N)cc1N. The third-order valence-electron chi connectivity index (χ3n) is 1.61. The fourth-order valence-electron chi connectivity index (χ4n) is 0.885. The molecule has 1 aromatic rings. The van der Waals surface area contributed by atoms with Crippen molar-refractivity contribution in [2.45, 2.75) is 6.92 Å². The van der Waals surface area contributed by atoms with Crippen LogP contribution in [0.25, 0.3) is 0 Å². The van der Waals surface area contributed by atoms with Gasteiger partial charge in [0.05, 0.1) is 4.92 Å². The minimum atomic E-state index is -0.526. The van der Waals surface area contributed by atoms with E-state index >= 15 is 0 Å². The molecule has 0 aliphatic heterocycles. The highest BCUT2D eigenvalue weighted by Gasteiger charge is 2.12. The average molecular weight is 167 g/mol. The minimum absolute atomic E-state index is 0.0956. The number of nitro groups is 1. The first-order chi connectivity index (χ1) is 5.52. The molecule has 0 amide bonds. The maximum atomic E-state index is 10.4. The minimum Gasteiger partial charge on any atom is -0.398 e. The number of rotatable bonds is 1. The summed E-state index contributed by atoms with van der Waals surface area (Å²) < 4.78 is 0. The zero-order valence-corrected chi connectivity index (χ0v) is 6.57. The predicted molar refractivity (Wildman–Crippen MR) is 46.7 cm³/mol. The molecule has 0 aliphatic rings. The highest BCUT2D eigenvalue weighted by Crippen LogP contribution is 2.26. The largest absolute Gasteiger partial charge is 0.398 e. The Morgan fingerprint density at radius 3 is 2.42 bits per heavy atom. The van der Waals surface area contributed by atoms with Gasteiger partial charge in [0.15, 0.2) is 0 Å². The number of nitrogens with two attached hydrogens (primary N) is 2. The molecule has 0 fully saturated rings. The zero-order chi connectivity index (χ0) is 9.30. The standard InChI is InChI=1S/C7H9N3O2/c1-4-2-7(10(11)12)6(9)3-5(4)8/h2-3H,8-9H2,1H3. The molecule has 0 unspecified atom stereocenters. The van der Waals surface area contributed by atoms with Gasteiger partial charge in [-0.1, -0.05) is 0 Å². The van der Waals surface area contributed by atoms with Crippen LogP contribution in [0.3, 0.4) is 0 Å². The number of benzene rings is 1. The van der Waals surface area contributed by atoms with Crippen molar-refractivity contribution in [2.24, 2.45) is 0 Å². The molecule has 0 saturated carbocycles. The second-order valence-corrected chi connectivity index (χ2v) is 2.52. The molecule has 0 aliphatic carbocycles. The van der Waals surface area contributed by atoms with Crippen LogP contribution in [0.4, 0.5) is 17.1 Å². The van der Waals surface area contributed by atoms with Gasteiger partial charge in [0, 0.05) is 11.8 Å². The monoisotopic (exact) mass is 167 g/mol. The van der Waals surface area contributed by atoms with E-state index in [1.165, 1.54) is 12.1 Å². The van der Waals surface area contributed by atoms with E-state index < -0.39 is 4.92 Å². The number of anilines is 2. The molecule has 1 aromatic carbocycles. The van der Waals surface area contributed by atoms with Crippen LogP contribution in [0.15, 0.2) is 12.1 Å². The van der Waals surface area contributed by atoms with Gasteiger partial charge in [-0.2, -0.15) is 0 Å². The quantitative estimate of drug-likeness (QED) is 0.371. The Labute approximate surface area is 69.1 Å². The molecular weight excluding hydrogens is 158 g/mol. The summed E-state index contributed by atoms with van der Waals surface area (Å²) in [4.78, 5) is 9.84. The van der Waals surface area contributed by atoms with Gasteiger partial charge in [0.2, 0.25) is 0 Å². The molecule has 5 heteroatoms. The Morgan fingerprint density at radius 1 is 1.33 bits per heavy atom. The van der Waals surface area contributed by atoms with E-state index in [-0.39, 0.29) is 11.4 Å². The Kier molecular flexibility index (Phi) is 1.86. The molecule has 4 N–H and O–H groups in total. The Bertz CT molecular complexity index is 336. The normalized spacial score (nSPS) is 9.75. The first kappa shape index (κ1) is 8.32. The summed E-state index contributed by atoms with van der Waals surface area (Å²) >= 11 is 0. The molecule has 64 valence electrons. The van der Waals surface area contributed by atoms with Crippen LogP contribution >= 0.6 is 0 Å². The van der Waals surface area contributed by atoms with E-state index in [2.05, 4.69) is 0 Å². The third kappa shape index (κ3) is 1.29. The topological polar surface area (TPSA) is 95.2 Å². The second kappa shape index (κ2) is 2.69. The number of aryl methyl sites for hydroxylation is 1. The summed E-state index contributed by atoms with van der Waals surface area (Å²) in [6.45, 7) is 1.70. The predicted octanol–water partition coefficient (Wildman–Crippen LogP) is 1.07. The van der Waals surface area contributed by atoms with Crippen molar-refractivity contribution in [3.63, 3.8) is 0 Å². The van der Waals surface area contributed by atoms with E-state index in [1.54, 1.807) is 6.92 Å². The van der Waals surface area contributed by atoms with Crippen molar-refractivity contribution < 1.29 is 4.92 Å². The molecule has 0 bridgehead atoms. The molecule has 12 heavy (non-hydrogen) atoms. The van der Waals surface area contributed by atoms with Gasteiger partial charge in [-0.15, -0.1) is 0 Å². The maximum Gasteiger partial charge on any atom is 0.292 e. The van der Waals surface area contributed by atoms with Gasteiger partial charge in [0.25, 0.3) is 5.69 Å². The van der Waals surface area contributed by atoms with Crippen molar-refractivity contribution >= 4 is 17.1 Å². The van der Waals surface area contributed by atoms with E-state index in [9.17, 15) is 10.1 Å². The van der Waals surface area contributed by atoms with Crippen molar-refractivity contribution in [1.82, 2.24) is 0 Å². The van der Waals surface area contributed by atoms with Gasteiger partial charge in [0.1, 0.15) is 5.69 Å². The molecule has 0 atom stereocenters. The fraction of sp³-hybridized carbons (Fsp3) is 0.143. The van der Waals surface area contributed by atoms with E-state index in [1.807, 2.05) is 0 Å². The van der Waals surface area contributed by atoms with Crippen molar-refractivity contribution in [1.29, 1.82) is 0 Å². The van der Waals surface area contributed by atoms with Crippen LogP contribution in [0, 0.1) is 17.0 Å². The Balaban J connectivity index is 3.33. The third-order valence-corrected chi connectivity index (χ3v) is 1.61. The lowest BCUT2D eigenvalue weighted by atomic mass is 10.1. The van der Waals surface area contributed by atoms with Gasteiger partial charge in [-0.25, -0.2) is 0 Å². The zero-order valence-electron chi connectivity index (χ0n) is 6.57. The summed E-state index contributed by atoms with van der Waals surface area (Å²) in [5.74, 6) is 0. The molecule has 0 aromatic heterocycles. The number of nitrogens with zero attached hydrogens (tertiary/aromatic N) is 1. The number of nitro benzene ring substituents is 1. The summed E-state index contributed by atoms with van der Waals surface area (Å²) in [6.07, 6.45) is 0. The van der Waals surface area contributed by atoms with Crippen LogP contribution < -0.4 is 11.5 Å². The van der Waals surface area contributed by atoms with Crippen LogP contribution in [0.1, 0.15) is 5.56 Å². The van der Waals surface area contributed by atoms with Crippen LogP contribution in [0.2, 0.25) is 0 Å². The highest BCUT2D eigenvalue weighted by molar-refractivity contribution is 5.67. The molecule has 0 spiro atoms. The van der Waals surface area contributed by atoms with Crippen molar-refractivity contribution in [3.8, 4) is 0 Å². The Morgan fingerprint density at radius 2 is 1.92 bits per heavy atom. The highest BCUT2D eigenvalue weighted by atomic mass is 16.6. The second-order valence-electron chi connectivity index (χ2n) is 2.52. The molecule has 5 nitrogen and oxygen atoms in total. The summed E-state index contributed by atoms with van der Waals surface area (Å²) in [5.41, 5.74) is 12.0.